The van der Waals surface area contributed by atoms with Gasteiger partial charge in [-0.1, -0.05) is 0 Å². The summed E-state index contributed by atoms with van der Waals surface area (Å²) in [7, 11) is 0. The molecule has 0 amide bonds. The lowest BCUT2D eigenvalue weighted by Gasteiger charge is -2.18. The quantitative estimate of drug-likeness (QED) is 0.790. The summed E-state index contributed by atoms with van der Waals surface area (Å²) in [5, 5.41) is 0. The van der Waals surface area contributed by atoms with Gasteiger partial charge >= 0.3 is 5.97 Å². The summed E-state index contributed by atoms with van der Waals surface area (Å²) in [6.07, 6.45) is 1.66. The molecule has 4 nitrogen and oxygen atoms in total. The number of ether oxygens (including phenoxy) is 1. The van der Waals surface area contributed by atoms with Gasteiger partial charge in [0.1, 0.15) is 16.0 Å². The molecule has 0 fully saturated rings. The van der Waals surface area contributed by atoms with Crippen LogP contribution in [0.4, 0.5) is 5.69 Å². The number of hydrogen-bond acceptors (Lipinski definition) is 5. The van der Waals surface area contributed by atoms with Crippen molar-refractivity contribution in [3.05, 3.63) is 23.2 Å². The summed E-state index contributed by atoms with van der Waals surface area (Å²) in [6, 6.07) is 3.70. The maximum absolute atomic E-state index is 11.9. The lowest BCUT2D eigenvalue weighted by atomic mass is 10.2. The smallest absolute Gasteiger partial charge is 0.351 e. The summed E-state index contributed by atoms with van der Waals surface area (Å²) in [6.45, 7) is 5.48. The molecule has 5 heteroatoms. The third-order valence-corrected chi connectivity index (χ3v) is 3.21. The summed E-state index contributed by atoms with van der Waals surface area (Å²) in [4.78, 5) is 16.5. The minimum absolute atomic E-state index is 0.391. The van der Waals surface area contributed by atoms with Gasteiger partial charge in [0.05, 0.1) is 10.4 Å². The van der Waals surface area contributed by atoms with E-state index in [4.69, 9.17) is 10.5 Å². The molecule has 90 valence electrons. The minimum atomic E-state index is -0.521. The van der Waals surface area contributed by atoms with Crippen molar-refractivity contribution in [3.63, 3.8) is 0 Å². The zero-order chi connectivity index (χ0) is 12.6. The monoisotopic (exact) mass is 250 g/mol. The van der Waals surface area contributed by atoms with Gasteiger partial charge in [0.15, 0.2) is 0 Å². The first-order valence-electron chi connectivity index (χ1n) is 5.25. The van der Waals surface area contributed by atoms with Crippen LogP contribution in [0.25, 0.3) is 10.2 Å². The second-order valence-electron chi connectivity index (χ2n) is 4.70. The molecule has 0 saturated carbocycles. The number of pyridine rings is 1. The van der Waals surface area contributed by atoms with E-state index in [0.717, 1.165) is 4.70 Å². The van der Waals surface area contributed by atoms with Crippen molar-refractivity contribution in [2.24, 2.45) is 0 Å². The fraction of sp³-hybridized carbons (Fsp3) is 0.333. The zero-order valence-electron chi connectivity index (χ0n) is 9.98. The number of anilines is 1. The third-order valence-electron chi connectivity index (χ3n) is 2.07. The highest BCUT2D eigenvalue weighted by Crippen LogP contribution is 2.33. The number of fused-ring (bicyclic) bond motifs is 1. The molecule has 0 aliphatic heterocycles. The topological polar surface area (TPSA) is 65.2 Å². The highest BCUT2D eigenvalue weighted by Gasteiger charge is 2.23. The van der Waals surface area contributed by atoms with Crippen molar-refractivity contribution in [3.8, 4) is 0 Å². The predicted octanol–water partition coefficient (Wildman–Crippen LogP) is 2.83. The van der Waals surface area contributed by atoms with E-state index in [0.29, 0.717) is 16.1 Å². The Kier molecular flexibility index (Phi) is 2.79. The van der Waals surface area contributed by atoms with Gasteiger partial charge in [0.2, 0.25) is 0 Å². The molecule has 2 rings (SSSR count). The molecule has 0 aliphatic carbocycles. The van der Waals surface area contributed by atoms with Crippen LogP contribution in [0.15, 0.2) is 18.3 Å². The van der Waals surface area contributed by atoms with Crippen LogP contribution >= 0.6 is 11.3 Å². The van der Waals surface area contributed by atoms with Crippen LogP contribution in [0.1, 0.15) is 30.4 Å². The molecular formula is C12H14N2O2S. The van der Waals surface area contributed by atoms with Crippen LogP contribution < -0.4 is 5.73 Å². The van der Waals surface area contributed by atoms with Crippen molar-refractivity contribution in [2.45, 2.75) is 26.4 Å². The SMILES string of the molecule is CC(C)(C)OC(=O)c1sc2cccnc2c1N. The number of nitrogens with two attached hydrogens (primary N) is 1. The number of nitrogens with zero attached hydrogens (tertiary/aromatic N) is 1. The Morgan fingerprint density at radius 3 is 2.76 bits per heavy atom. The van der Waals surface area contributed by atoms with Crippen LogP contribution in [-0.2, 0) is 4.74 Å². The van der Waals surface area contributed by atoms with Gasteiger partial charge in [-0.25, -0.2) is 4.79 Å². The first kappa shape index (κ1) is 11.9. The molecule has 0 spiro atoms. The van der Waals surface area contributed by atoms with E-state index in [9.17, 15) is 4.79 Å². The van der Waals surface area contributed by atoms with E-state index < -0.39 is 11.6 Å². The Bertz CT molecular complexity index is 569. The Morgan fingerprint density at radius 2 is 2.18 bits per heavy atom. The maximum atomic E-state index is 11.9. The van der Waals surface area contributed by atoms with E-state index in [1.165, 1.54) is 11.3 Å². The summed E-state index contributed by atoms with van der Waals surface area (Å²) >= 11 is 1.31. The molecule has 0 radical (unpaired) electrons. The number of thiophene rings is 1. The minimum Gasteiger partial charge on any atom is -0.456 e. The highest BCUT2D eigenvalue weighted by atomic mass is 32.1. The standard InChI is InChI=1S/C12H14N2O2S/c1-12(2,3)16-11(15)10-8(13)9-7(17-10)5-4-6-14-9/h4-6H,13H2,1-3H3. The second kappa shape index (κ2) is 4.00. The Morgan fingerprint density at radius 1 is 1.47 bits per heavy atom. The van der Waals surface area contributed by atoms with Gasteiger partial charge < -0.3 is 10.5 Å². The van der Waals surface area contributed by atoms with Crippen LogP contribution in [0.3, 0.4) is 0 Å². The van der Waals surface area contributed by atoms with E-state index in [1.807, 2.05) is 32.9 Å². The molecule has 2 aromatic rings. The van der Waals surface area contributed by atoms with E-state index >= 15 is 0 Å². The molecule has 0 bridgehead atoms. The van der Waals surface area contributed by atoms with Crippen LogP contribution in [0.2, 0.25) is 0 Å². The van der Waals surface area contributed by atoms with E-state index in [1.54, 1.807) is 6.20 Å². The predicted molar refractivity (Wildman–Crippen MR) is 69.2 cm³/mol. The van der Waals surface area contributed by atoms with Gasteiger partial charge in [-0.3, -0.25) is 4.98 Å². The van der Waals surface area contributed by atoms with Gasteiger partial charge in [-0.05, 0) is 32.9 Å². The number of esters is 1. The van der Waals surface area contributed by atoms with Crippen molar-refractivity contribution in [1.29, 1.82) is 0 Å². The fourth-order valence-corrected chi connectivity index (χ4v) is 2.38. The number of hydrogen-bond donors (Lipinski definition) is 1. The van der Waals surface area contributed by atoms with Crippen LogP contribution in [0.5, 0.6) is 0 Å². The Hall–Kier alpha value is -1.62. The second-order valence-corrected chi connectivity index (χ2v) is 5.75. The molecule has 0 aromatic carbocycles. The van der Waals surface area contributed by atoms with E-state index in [2.05, 4.69) is 4.98 Å². The average molecular weight is 250 g/mol. The molecule has 17 heavy (non-hydrogen) atoms. The number of aromatic nitrogens is 1. The Labute approximate surface area is 103 Å². The van der Waals surface area contributed by atoms with Gasteiger partial charge in [0, 0.05) is 6.20 Å². The van der Waals surface area contributed by atoms with Gasteiger partial charge in [-0.15, -0.1) is 11.3 Å². The first-order chi connectivity index (χ1) is 7.88. The maximum Gasteiger partial charge on any atom is 0.351 e. The number of nitrogen functional groups attached to an aromatic ring is 1. The Balaban J connectivity index is 2.43. The average Bonchev–Trinajstić information content (AvgIpc) is 2.55. The number of carbonyl (C=O) groups is 1. The largest absolute Gasteiger partial charge is 0.456 e. The molecule has 0 aliphatic rings. The molecule has 0 atom stereocenters. The molecule has 2 heterocycles. The van der Waals surface area contributed by atoms with Crippen molar-refractivity contribution in [2.75, 3.05) is 5.73 Å². The number of rotatable bonds is 1. The van der Waals surface area contributed by atoms with Crippen molar-refractivity contribution in [1.82, 2.24) is 4.98 Å². The highest BCUT2D eigenvalue weighted by molar-refractivity contribution is 7.21. The first-order valence-corrected chi connectivity index (χ1v) is 6.06. The molecule has 2 N–H and O–H groups in total. The summed E-state index contributed by atoms with van der Waals surface area (Å²) < 4.78 is 6.19. The van der Waals surface area contributed by atoms with Crippen LogP contribution in [-0.4, -0.2) is 16.6 Å². The fourth-order valence-electron chi connectivity index (χ4n) is 1.42. The van der Waals surface area contributed by atoms with Gasteiger partial charge in [-0.2, -0.15) is 0 Å². The lowest BCUT2D eigenvalue weighted by Crippen LogP contribution is -2.23. The number of carbonyl (C=O) groups excluding carboxylic acids is 1. The molecule has 0 unspecified atom stereocenters. The zero-order valence-corrected chi connectivity index (χ0v) is 10.8. The summed E-state index contributed by atoms with van der Waals surface area (Å²) in [5.41, 5.74) is 6.45. The van der Waals surface area contributed by atoms with Gasteiger partial charge in [0.25, 0.3) is 0 Å². The molecule has 0 saturated heterocycles. The van der Waals surface area contributed by atoms with Crippen LogP contribution in [0, 0.1) is 0 Å². The molecular weight excluding hydrogens is 236 g/mol. The normalized spacial score (nSPS) is 11.7. The molecule has 2 aromatic heterocycles. The lowest BCUT2D eigenvalue weighted by molar-refractivity contribution is 0.00764. The summed E-state index contributed by atoms with van der Waals surface area (Å²) in [5.74, 6) is -0.391. The van der Waals surface area contributed by atoms with E-state index in [-0.39, 0.29) is 0 Å². The van der Waals surface area contributed by atoms with Crippen molar-refractivity contribution < 1.29 is 9.53 Å². The van der Waals surface area contributed by atoms with Crippen molar-refractivity contribution >= 4 is 33.2 Å². The third kappa shape index (κ3) is 2.39.